The van der Waals surface area contributed by atoms with E-state index in [1.807, 2.05) is 0 Å². The van der Waals surface area contributed by atoms with Crippen molar-refractivity contribution in [3.05, 3.63) is 12.7 Å². The molecule has 0 aliphatic rings. The fourth-order valence-electron chi connectivity index (χ4n) is 0.231. The normalized spacial score (nSPS) is 7.27. The minimum atomic E-state index is -2.27. The van der Waals surface area contributed by atoms with E-state index in [1.54, 1.807) is 0 Å². The van der Waals surface area contributed by atoms with Crippen LogP contribution in [0.1, 0.15) is 0 Å². The van der Waals surface area contributed by atoms with E-state index in [4.69, 9.17) is 0 Å². The SMILES string of the molecule is C=CC(=O)OCC=S(=O)=O.[Na]. The van der Waals surface area contributed by atoms with Crippen molar-refractivity contribution in [3.8, 4) is 0 Å². The van der Waals surface area contributed by atoms with Gasteiger partial charge in [0.2, 0.25) is 10.3 Å². The van der Waals surface area contributed by atoms with Gasteiger partial charge in [0, 0.05) is 35.6 Å². The molecule has 0 aliphatic carbocycles. The van der Waals surface area contributed by atoms with Gasteiger partial charge in [-0.1, -0.05) is 6.58 Å². The van der Waals surface area contributed by atoms with E-state index in [9.17, 15) is 13.2 Å². The molecule has 0 saturated carbocycles. The average molecular weight is 185 g/mol. The number of hydrogen-bond donors (Lipinski definition) is 0. The molecule has 4 nitrogen and oxygen atoms in total. The van der Waals surface area contributed by atoms with Crippen LogP contribution in [-0.4, -0.2) is 55.9 Å². The Kier molecular flexibility index (Phi) is 9.81. The van der Waals surface area contributed by atoms with Crippen LogP contribution < -0.4 is 0 Å². The molecule has 0 aromatic rings. The summed E-state index contributed by atoms with van der Waals surface area (Å²) in [6, 6.07) is 0. The first-order valence-electron chi connectivity index (χ1n) is 2.37. The van der Waals surface area contributed by atoms with Gasteiger partial charge in [-0.05, 0) is 0 Å². The minimum Gasteiger partial charge on any atom is -0.457 e. The molecule has 0 aromatic heterocycles. The van der Waals surface area contributed by atoms with Gasteiger partial charge in [-0.15, -0.1) is 0 Å². The third-order valence-corrected chi connectivity index (χ3v) is 1.00. The number of carbonyl (C=O) groups excluding carboxylic acids is 1. The zero-order valence-electron chi connectivity index (χ0n) is 6.11. The zero-order valence-corrected chi connectivity index (χ0v) is 8.93. The molecule has 0 aromatic carbocycles. The fraction of sp³-hybridized carbons (Fsp3) is 0.200. The molecular weight excluding hydrogens is 179 g/mol. The van der Waals surface area contributed by atoms with Crippen LogP contribution >= 0.6 is 0 Å². The minimum absolute atomic E-state index is 0. The van der Waals surface area contributed by atoms with Gasteiger partial charge in [-0.25, -0.2) is 4.79 Å². The fourth-order valence-corrected chi connectivity index (χ4v) is 0.410. The summed E-state index contributed by atoms with van der Waals surface area (Å²) < 4.78 is 23.9. The Morgan fingerprint density at radius 2 is 2.09 bits per heavy atom. The summed E-state index contributed by atoms with van der Waals surface area (Å²) in [6.45, 7) is 2.88. The van der Waals surface area contributed by atoms with Crippen molar-refractivity contribution in [3.63, 3.8) is 0 Å². The van der Waals surface area contributed by atoms with Crippen LogP contribution in [0.15, 0.2) is 12.7 Å². The van der Waals surface area contributed by atoms with Crippen molar-refractivity contribution in [1.82, 2.24) is 0 Å². The van der Waals surface area contributed by atoms with Crippen LogP contribution in [0.25, 0.3) is 0 Å². The second-order valence-electron chi connectivity index (χ2n) is 1.26. The maximum absolute atomic E-state index is 10.2. The first-order valence-corrected chi connectivity index (χ1v) is 3.51. The Morgan fingerprint density at radius 3 is 2.45 bits per heavy atom. The molecule has 0 rings (SSSR count). The van der Waals surface area contributed by atoms with Crippen molar-refractivity contribution in [2.75, 3.05) is 6.61 Å². The summed E-state index contributed by atoms with van der Waals surface area (Å²) in [7, 11) is -2.27. The topological polar surface area (TPSA) is 60.4 Å². The standard InChI is InChI=1S/C5H6O4S.Na/c1-2-5(6)9-3-4-10(7)8;/h2,4H,1,3H2;. The predicted molar refractivity (Wildman–Crippen MR) is 41.9 cm³/mol. The van der Waals surface area contributed by atoms with Gasteiger partial charge in [-0.3, -0.25) is 0 Å². The quantitative estimate of drug-likeness (QED) is 0.245. The van der Waals surface area contributed by atoms with E-state index in [1.165, 1.54) is 0 Å². The maximum Gasteiger partial charge on any atom is 0.330 e. The van der Waals surface area contributed by atoms with Crippen LogP contribution in [0, 0.1) is 0 Å². The van der Waals surface area contributed by atoms with Crippen LogP contribution in [0.5, 0.6) is 0 Å². The molecule has 0 bridgehead atoms. The molecule has 11 heavy (non-hydrogen) atoms. The van der Waals surface area contributed by atoms with E-state index in [0.717, 1.165) is 11.4 Å². The molecule has 0 amide bonds. The van der Waals surface area contributed by atoms with E-state index < -0.39 is 16.3 Å². The Morgan fingerprint density at radius 1 is 1.55 bits per heavy atom. The summed E-state index contributed by atoms with van der Waals surface area (Å²) in [4.78, 5) is 10.2. The first-order chi connectivity index (χ1) is 4.66. The number of hydrogen-bond acceptors (Lipinski definition) is 4. The number of carbonyl (C=O) groups is 1. The summed E-state index contributed by atoms with van der Waals surface area (Å²) in [6.07, 6.45) is 0.960. The monoisotopic (exact) mass is 185 g/mol. The smallest absolute Gasteiger partial charge is 0.330 e. The van der Waals surface area contributed by atoms with E-state index >= 15 is 0 Å². The molecule has 0 N–H and O–H groups in total. The van der Waals surface area contributed by atoms with Crippen LogP contribution in [0.3, 0.4) is 0 Å². The Labute approximate surface area is 88.1 Å². The Balaban J connectivity index is 0. The molecule has 0 unspecified atom stereocenters. The summed E-state index contributed by atoms with van der Waals surface area (Å²) in [5, 5.41) is 0.835. The molecule has 1 radical (unpaired) electrons. The van der Waals surface area contributed by atoms with Crippen LogP contribution in [-0.2, 0) is 19.8 Å². The van der Waals surface area contributed by atoms with Crippen LogP contribution in [0.2, 0.25) is 0 Å². The van der Waals surface area contributed by atoms with Crippen molar-refractivity contribution >= 4 is 51.2 Å². The summed E-state index contributed by atoms with van der Waals surface area (Å²) in [5.74, 6) is -0.637. The molecule has 0 spiro atoms. The van der Waals surface area contributed by atoms with Gasteiger partial charge in [0.15, 0.2) is 0 Å². The largest absolute Gasteiger partial charge is 0.457 e. The molecule has 0 atom stereocenters. The molecule has 0 saturated heterocycles. The van der Waals surface area contributed by atoms with Crippen molar-refractivity contribution in [2.24, 2.45) is 0 Å². The summed E-state index contributed by atoms with van der Waals surface area (Å²) in [5.41, 5.74) is 0. The molecule has 0 fully saturated rings. The van der Waals surface area contributed by atoms with E-state index in [0.29, 0.717) is 0 Å². The van der Waals surface area contributed by atoms with Gasteiger partial charge in [0.1, 0.15) is 6.61 Å². The third kappa shape index (κ3) is 9.90. The van der Waals surface area contributed by atoms with Gasteiger partial charge >= 0.3 is 5.97 Å². The molecule has 0 aliphatic heterocycles. The maximum atomic E-state index is 10.2. The van der Waals surface area contributed by atoms with E-state index in [2.05, 4.69) is 11.3 Å². The predicted octanol–water partition coefficient (Wildman–Crippen LogP) is -0.984. The molecule has 0 heterocycles. The number of rotatable bonds is 3. The average Bonchev–Trinajstić information content (AvgIpc) is 1.87. The molecule has 6 heteroatoms. The van der Waals surface area contributed by atoms with Gasteiger partial charge in [0.05, 0.1) is 5.37 Å². The van der Waals surface area contributed by atoms with Gasteiger partial charge in [0.25, 0.3) is 0 Å². The molecular formula is C5H6NaO4S. The van der Waals surface area contributed by atoms with Crippen molar-refractivity contribution in [2.45, 2.75) is 0 Å². The number of esters is 1. The van der Waals surface area contributed by atoms with Gasteiger partial charge < -0.3 is 4.74 Å². The van der Waals surface area contributed by atoms with Crippen molar-refractivity contribution in [1.29, 1.82) is 0 Å². The zero-order chi connectivity index (χ0) is 7.98. The second kappa shape index (κ2) is 8.00. The van der Waals surface area contributed by atoms with Crippen molar-refractivity contribution < 1.29 is 17.9 Å². The first kappa shape index (κ1) is 13.5. The van der Waals surface area contributed by atoms with E-state index in [-0.39, 0.29) is 36.2 Å². The Hall–Kier alpha value is -0.100. The number of ether oxygens (including phenoxy) is 1. The summed E-state index contributed by atoms with van der Waals surface area (Å²) >= 11 is 0. The molecule has 57 valence electrons. The van der Waals surface area contributed by atoms with Crippen LogP contribution in [0.4, 0.5) is 0 Å². The second-order valence-corrected chi connectivity index (χ2v) is 2.12. The Bertz CT molecular complexity index is 246. The third-order valence-electron chi connectivity index (χ3n) is 0.596. The van der Waals surface area contributed by atoms with Gasteiger partial charge in [-0.2, -0.15) is 8.42 Å².